The van der Waals surface area contributed by atoms with Gasteiger partial charge in [-0.25, -0.2) is 8.42 Å². The van der Waals surface area contributed by atoms with Gasteiger partial charge in [0, 0.05) is 31.7 Å². The number of nitrogens with zero attached hydrogens (tertiary/aromatic N) is 4. The molecule has 0 aliphatic carbocycles. The number of nitriles is 2. The molecule has 1 aliphatic heterocycles. The van der Waals surface area contributed by atoms with Crippen molar-refractivity contribution < 1.29 is 13.2 Å². The number of benzene rings is 1. The standard InChI is InChI=1S/C20H26N4O3S/c1-16-13-17(2)15-24(14-16)28(26,27)19-7-5-18(6-8-19)20(25)23(11-3-9-21)12-4-10-22/h5-8,16-17H,3-4,11-15H2,1-2H3. The molecule has 1 amide bonds. The molecule has 0 aromatic heterocycles. The summed E-state index contributed by atoms with van der Waals surface area (Å²) in [4.78, 5) is 14.3. The lowest BCUT2D eigenvalue weighted by Gasteiger charge is -2.34. The van der Waals surface area contributed by atoms with E-state index in [1.54, 1.807) is 0 Å². The summed E-state index contributed by atoms with van der Waals surface area (Å²) in [6.45, 7) is 5.59. The highest BCUT2D eigenvalue weighted by molar-refractivity contribution is 7.89. The molecule has 0 saturated carbocycles. The predicted molar refractivity (Wildman–Crippen MR) is 105 cm³/mol. The molecule has 2 atom stereocenters. The largest absolute Gasteiger partial charge is 0.337 e. The molecular weight excluding hydrogens is 376 g/mol. The third kappa shape index (κ3) is 5.31. The maximum atomic E-state index is 12.9. The van der Waals surface area contributed by atoms with Crippen LogP contribution < -0.4 is 0 Å². The first-order valence-corrected chi connectivity index (χ1v) is 10.9. The van der Waals surface area contributed by atoms with E-state index in [1.165, 1.54) is 33.5 Å². The number of hydrogen-bond acceptors (Lipinski definition) is 5. The fourth-order valence-corrected chi connectivity index (χ4v) is 5.27. The zero-order valence-electron chi connectivity index (χ0n) is 16.3. The lowest BCUT2D eigenvalue weighted by atomic mass is 9.94. The average Bonchev–Trinajstić information content (AvgIpc) is 2.67. The van der Waals surface area contributed by atoms with Crippen molar-refractivity contribution in [3.05, 3.63) is 29.8 Å². The quantitative estimate of drug-likeness (QED) is 0.697. The second-order valence-electron chi connectivity index (χ2n) is 7.40. The Hall–Kier alpha value is -2.42. The van der Waals surface area contributed by atoms with Gasteiger partial charge in [-0.15, -0.1) is 0 Å². The zero-order chi connectivity index (χ0) is 20.7. The Kier molecular flexibility index (Phi) is 7.56. The fourth-order valence-electron chi connectivity index (χ4n) is 3.59. The molecule has 1 heterocycles. The third-order valence-electron chi connectivity index (χ3n) is 4.85. The molecule has 1 aliphatic rings. The van der Waals surface area contributed by atoms with E-state index in [2.05, 4.69) is 13.8 Å². The molecule has 7 nitrogen and oxygen atoms in total. The molecule has 2 unspecified atom stereocenters. The maximum absolute atomic E-state index is 12.9. The molecule has 28 heavy (non-hydrogen) atoms. The van der Waals surface area contributed by atoms with Crippen LogP contribution in [0.1, 0.15) is 43.5 Å². The topological polar surface area (TPSA) is 105 Å². The molecule has 1 saturated heterocycles. The highest BCUT2D eigenvalue weighted by Crippen LogP contribution is 2.26. The van der Waals surface area contributed by atoms with E-state index < -0.39 is 10.0 Å². The lowest BCUT2D eigenvalue weighted by molar-refractivity contribution is 0.0762. The molecular formula is C20H26N4O3S. The number of sulfonamides is 1. The number of carbonyl (C=O) groups excluding carboxylic acids is 1. The van der Waals surface area contributed by atoms with Gasteiger partial charge < -0.3 is 4.90 Å². The van der Waals surface area contributed by atoms with E-state index in [1.807, 2.05) is 12.1 Å². The molecule has 1 aromatic carbocycles. The van der Waals surface area contributed by atoms with Gasteiger partial charge in [0.2, 0.25) is 10.0 Å². The second-order valence-corrected chi connectivity index (χ2v) is 9.34. The summed E-state index contributed by atoms with van der Waals surface area (Å²) < 4.78 is 27.4. The average molecular weight is 403 g/mol. The molecule has 8 heteroatoms. The van der Waals surface area contributed by atoms with Gasteiger partial charge in [-0.2, -0.15) is 14.8 Å². The predicted octanol–water partition coefficient (Wildman–Crippen LogP) is 2.62. The van der Waals surface area contributed by atoms with Gasteiger partial charge in [0.05, 0.1) is 29.9 Å². The van der Waals surface area contributed by atoms with Crippen molar-refractivity contribution in [2.45, 2.75) is 38.0 Å². The number of rotatable bonds is 7. The van der Waals surface area contributed by atoms with Crippen molar-refractivity contribution in [2.75, 3.05) is 26.2 Å². The van der Waals surface area contributed by atoms with Crippen LogP contribution in [0.2, 0.25) is 0 Å². The minimum absolute atomic E-state index is 0.172. The molecule has 0 bridgehead atoms. The summed E-state index contributed by atoms with van der Waals surface area (Å²) in [6, 6.07) is 9.89. The van der Waals surface area contributed by atoms with E-state index in [-0.39, 0.29) is 36.7 Å². The van der Waals surface area contributed by atoms with Crippen molar-refractivity contribution in [1.29, 1.82) is 10.5 Å². The molecule has 0 N–H and O–H groups in total. The number of carbonyl (C=O) groups is 1. The van der Waals surface area contributed by atoms with Crippen LogP contribution in [0.3, 0.4) is 0 Å². The van der Waals surface area contributed by atoms with Gasteiger partial charge in [-0.3, -0.25) is 4.79 Å². The summed E-state index contributed by atoms with van der Waals surface area (Å²) >= 11 is 0. The summed E-state index contributed by atoms with van der Waals surface area (Å²) in [5.41, 5.74) is 0.343. The van der Waals surface area contributed by atoms with E-state index >= 15 is 0 Å². The van der Waals surface area contributed by atoms with Gasteiger partial charge in [-0.1, -0.05) is 13.8 Å². The van der Waals surface area contributed by atoms with E-state index in [4.69, 9.17) is 10.5 Å². The van der Waals surface area contributed by atoms with Crippen molar-refractivity contribution in [2.24, 2.45) is 11.8 Å². The van der Waals surface area contributed by atoms with Gasteiger partial charge >= 0.3 is 0 Å². The van der Waals surface area contributed by atoms with Crippen molar-refractivity contribution in [3.63, 3.8) is 0 Å². The van der Waals surface area contributed by atoms with Crippen LogP contribution >= 0.6 is 0 Å². The molecule has 2 rings (SSSR count). The monoisotopic (exact) mass is 402 g/mol. The van der Waals surface area contributed by atoms with Gasteiger partial charge in [0.1, 0.15) is 0 Å². The third-order valence-corrected chi connectivity index (χ3v) is 6.69. The summed E-state index contributed by atoms with van der Waals surface area (Å²) in [5, 5.41) is 17.5. The SMILES string of the molecule is CC1CC(C)CN(S(=O)(=O)c2ccc(C(=O)N(CCC#N)CCC#N)cc2)C1. The first-order chi connectivity index (χ1) is 13.3. The Morgan fingerprint density at radius 2 is 1.57 bits per heavy atom. The van der Waals surface area contributed by atoms with Crippen LogP contribution in [0.4, 0.5) is 0 Å². The highest BCUT2D eigenvalue weighted by atomic mass is 32.2. The van der Waals surface area contributed by atoms with Crippen molar-refractivity contribution >= 4 is 15.9 Å². The van der Waals surface area contributed by atoms with Crippen LogP contribution in [0.5, 0.6) is 0 Å². The number of amides is 1. The Balaban J connectivity index is 2.18. The van der Waals surface area contributed by atoms with Crippen molar-refractivity contribution in [3.8, 4) is 12.1 Å². The lowest BCUT2D eigenvalue weighted by Crippen LogP contribution is -2.42. The summed E-state index contributed by atoms with van der Waals surface area (Å²) in [7, 11) is -3.60. The molecule has 0 spiro atoms. The first kappa shape index (κ1) is 21.9. The second kappa shape index (κ2) is 9.68. The Morgan fingerprint density at radius 1 is 1.07 bits per heavy atom. The number of hydrogen-bond donors (Lipinski definition) is 0. The summed E-state index contributed by atoms with van der Waals surface area (Å²) in [5.74, 6) is 0.316. The number of piperidine rings is 1. The maximum Gasteiger partial charge on any atom is 0.253 e. The smallest absolute Gasteiger partial charge is 0.253 e. The van der Waals surface area contributed by atoms with E-state index in [9.17, 15) is 13.2 Å². The van der Waals surface area contributed by atoms with Crippen LogP contribution in [0.25, 0.3) is 0 Å². The van der Waals surface area contributed by atoms with E-state index in [0.717, 1.165) is 6.42 Å². The molecule has 1 fully saturated rings. The van der Waals surface area contributed by atoms with Gasteiger partial charge in [0.25, 0.3) is 5.91 Å². The molecule has 1 aromatic rings. The summed E-state index contributed by atoms with van der Waals surface area (Å²) in [6.07, 6.45) is 1.37. The normalized spacial score (nSPS) is 20.1. The van der Waals surface area contributed by atoms with Gasteiger partial charge in [-0.05, 0) is 42.5 Å². The fraction of sp³-hybridized carbons (Fsp3) is 0.550. The molecule has 150 valence electrons. The Bertz CT molecular complexity index is 840. The highest BCUT2D eigenvalue weighted by Gasteiger charge is 2.31. The Morgan fingerprint density at radius 3 is 2.04 bits per heavy atom. The van der Waals surface area contributed by atoms with Crippen LogP contribution in [0.15, 0.2) is 29.2 Å². The minimum Gasteiger partial charge on any atom is -0.337 e. The Labute approximate surface area is 167 Å². The van der Waals surface area contributed by atoms with Crippen molar-refractivity contribution in [1.82, 2.24) is 9.21 Å². The first-order valence-electron chi connectivity index (χ1n) is 9.43. The van der Waals surface area contributed by atoms with Crippen LogP contribution in [0, 0.1) is 34.5 Å². The zero-order valence-corrected chi connectivity index (χ0v) is 17.2. The van der Waals surface area contributed by atoms with Gasteiger partial charge in [0.15, 0.2) is 0 Å². The molecule has 0 radical (unpaired) electrons. The van der Waals surface area contributed by atoms with E-state index in [0.29, 0.717) is 30.5 Å². The minimum atomic E-state index is -3.60. The van der Waals surface area contributed by atoms with Crippen LogP contribution in [-0.4, -0.2) is 49.7 Å². The van der Waals surface area contributed by atoms with Crippen LogP contribution in [-0.2, 0) is 10.0 Å².